The monoisotopic (exact) mass is 268 g/mol. The number of ether oxygens (including phenoxy) is 1. The average molecular weight is 268 g/mol. The van der Waals surface area contributed by atoms with Crippen molar-refractivity contribution in [3.8, 4) is 0 Å². The second-order valence-electron chi connectivity index (χ2n) is 3.70. The van der Waals surface area contributed by atoms with E-state index in [4.69, 9.17) is 9.84 Å². The first-order valence-corrected chi connectivity index (χ1v) is 6.74. The van der Waals surface area contributed by atoms with Gasteiger partial charge >= 0.3 is 11.9 Å². The zero-order chi connectivity index (χ0) is 13.4. The molecule has 1 aromatic rings. The van der Waals surface area contributed by atoms with E-state index in [-0.39, 0.29) is 17.3 Å². The number of hydrogen-bond donors (Lipinski definition) is 1. The molecule has 0 unspecified atom stereocenters. The van der Waals surface area contributed by atoms with E-state index in [1.807, 2.05) is 6.92 Å². The van der Waals surface area contributed by atoms with Crippen LogP contribution in [0.15, 0.2) is 29.2 Å². The molecule has 98 valence electrons. The quantitative estimate of drug-likeness (QED) is 0.468. The number of aromatic carboxylic acids is 1. The van der Waals surface area contributed by atoms with E-state index in [2.05, 4.69) is 0 Å². The van der Waals surface area contributed by atoms with E-state index >= 15 is 0 Å². The maximum atomic E-state index is 11.4. The number of esters is 1. The molecule has 0 radical (unpaired) electrons. The lowest BCUT2D eigenvalue weighted by atomic mass is 10.2. The highest BCUT2D eigenvalue weighted by Gasteiger charge is 2.06. The summed E-state index contributed by atoms with van der Waals surface area (Å²) in [4.78, 5) is 22.9. The van der Waals surface area contributed by atoms with Gasteiger partial charge < -0.3 is 9.84 Å². The standard InChI is InChI=1S/C13H16O4S/c1-2-3-7-17-12(14)9-18-11-6-4-5-10(8-11)13(15)16/h4-6,8H,2-3,7,9H2,1H3,(H,15,16). The number of rotatable bonds is 7. The van der Waals surface area contributed by atoms with Gasteiger partial charge in [-0.1, -0.05) is 19.4 Å². The van der Waals surface area contributed by atoms with Gasteiger partial charge in [-0.25, -0.2) is 4.79 Å². The molecular formula is C13H16O4S. The molecular weight excluding hydrogens is 252 g/mol. The predicted octanol–water partition coefficient (Wildman–Crippen LogP) is 2.82. The molecule has 0 saturated carbocycles. The third kappa shape index (κ3) is 5.23. The summed E-state index contributed by atoms with van der Waals surface area (Å²) in [6.45, 7) is 2.48. The van der Waals surface area contributed by atoms with Gasteiger partial charge in [0.2, 0.25) is 0 Å². The summed E-state index contributed by atoms with van der Waals surface area (Å²) in [6, 6.07) is 6.50. The van der Waals surface area contributed by atoms with Crippen molar-refractivity contribution >= 4 is 23.7 Å². The molecule has 0 aliphatic heterocycles. The zero-order valence-corrected chi connectivity index (χ0v) is 11.0. The van der Waals surface area contributed by atoms with Crippen molar-refractivity contribution in [3.63, 3.8) is 0 Å². The van der Waals surface area contributed by atoms with Crippen molar-refractivity contribution in [3.05, 3.63) is 29.8 Å². The molecule has 0 atom stereocenters. The summed E-state index contributed by atoms with van der Waals surface area (Å²) < 4.78 is 5.01. The first-order chi connectivity index (χ1) is 8.63. The van der Waals surface area contributed by atoms with Crippen LogP contribution < -0.4 is 0 Å². The second-order valence-corrected chi connectivity index (χ2v) is 4.74. The molecule has 0 amide bonds. The van der Waals surface area contributed by atoms with Crippen molar-refractivity contribution in [2.75, 3.05) is 12.4 Å². The van der Waals surface area contributed by atoms with Crippen molar-refractivity contribution < 1.29 is 19.4 Å². The highest BCUT2D eigenvalue weighted by Crippen LogP contribution is 2.19. The fraction of sp³-hybridized carbons (Fsp3) is 0.385. The van der Waals surface area contributed by atoms with Gasteiger partial charge in [-0.2, -0.15) is 0 Å². The summed E-state index contributed by atoms with van der Waals surface area (Å²) in [5.74, 6) is -1.04. The SMILES string of the molecule is CCCCOC(=O)CSc1cccc(C(=O)O)c1. The van der Waals surface area contributed by atoms with Gasteiger partial charge in [0.15, 0.2) is 0 Å². The Balaban J connectivity index is 2.41. The summed E-state index contributed by atoms with van der Waals surface area (Å²) >= 11 is 1.28. The maximum Gasteiger partial charge on any atom is 0.335 e. The number of hydrogen-bond acceptors (Lipinski definition) is 4. The summed E-state index contributed by atoms with van der Waals surface area (Å²) in [5.41, 5.74) is 0.222. The van der Waals surface area contributed by atoms with Crippen LogP contribution in [0.1, 0.15) is 30.1 Å². The highest BCUT2D eigenvalue weighted by atomic mass is 32.2. The number of unbranched alkanes of at least 4 members (excludes halogenated alkanes) is 1. The van der Waals surface area contributed by atoms with Crippen LogP contribution in [0.4, 0.5) is 0 Å². The maximum absolute atomic E-state index is 11.4. The van der Waals surface area contributed by atoms with Gasteiger partial charge in [-0.15, -0.1) is 11.8 Å². The molecule has 0 aliphatic carbocycles. The lowest BCUT2D eigenvalue weighted by molar-refractivity contribution is -0.140. The van der Waals surface area contributed by atoms with E-state index in [1.54, 1.807) is 18.2 Å². The Bertz CT molecular complexity index is 417. The Morgan fingerprint density at radius 1 is 1.39 bits per heavy atom. The van der Waals surface area contributed by atoms with Gasteiger partial charge in [0.05, 0.1) is 17.9 Å². The number of benzene rings is 1. The zero-order valence-electron chi connectivity index (χ0n) is 10.2. The van der Waals surface area contributed by atoms with Crippen LogP contribution in [0.5, 0.6) is 0 Å². The van der Waals surface area contributed by atoms with Crippen LogP contribution in [0.3, 0.4) is 0 Å². The van der Waals surface area contributed by atoms with Crippen LogP contribution in [-0.2, 0) is 9.53 Å². The molecule has 0 aromatic heterocycles. The van der Waals surface area contributed by atoms with Crippen LogP contribution in [-0.4, -0.2) is 29.4 Å². The first-order valence-electron chi connectivity index (χ1n) is 5.75. The highest BCUT2D eigenvalue weighted by molar-refractivity contribution is 8.00. The predicted molar refractivity (Wildman–Crippen MR) is 70.0 cm³/mol. The molecule has 0 bridgehead atoms. The van der Waals surface area contributed by atoms with E-state index in [0.717, 1.165) is 17.7 Å². The third-order valence-electron chi connectivity index (χ3n) is 2.20. The molecule has 18 heavy (non-hydrogen) atoms. The molecule has 5 heteroatoms. The Kier molecular flexibility index (Phi) is 6.28. The van der Waals surface area contributed by atoms with Gasteiger partial charge in [-0.3, -0.25) is 4.79 Å². The molecule has 1 N–H and O–H groups in total. The number of carbonyl (C=O) groups excluding carboxylic acids is 1. The lowest BCUT2D eigenvalue weighted by Crippen LogP contribution is -2.08. The fourth-order valence-electron chi connectivity index (χ4n) is 1.23. The number of carboxylic acid groups (broad SMARTS) is 1. The molecule has 0 saturated heterocycles. The fourth-order valence-corrected chi connectivity index (χ4v) is 1.99. The molecule has 1 aromatic carbocycles. The summed E-state index contributed by atoms with van der Waals surface area (Å²) in [5, 5.41) is 8.83. The van der Waals surface area contributed by atoms with Crippen LogP contribution in [0.2, 0.25) is 0 Å². The minimum atomic E-state index is -0.969. The van der Waals surface area contributed by atoms with Gasteiger partial charge in [0, 0.05) is 4.90 Å². The number of carbonyl (C=O) groups is 2. The van der Waals surface area contributed by atoms with E-state index in [9.17, 15) is 9.59 Å². The largest absolute Gasteiger partial charge is 0.478 e. The molecule has 0 aliphatic rings. The third-order valence-corrected chi connectivity index (χ3v) is 3.17. The summed E-state index contributed by atoms with van der Waals surface area (Å²) in [7, 11) is 0. The Labute approximate surface area is 110 Å². The minimum absolute atomic E-state index is 0.201. The minimum Gasteiger partial charge on any atom is -0.478 e. The Morgan fingerprint density at radius 3 is 2.83 bits per heavy atom. The van der Waals surface area contributed by atoms with Gasteiger partial charge in [0.25, 0.3) is 0 Å². The molecule has 0 heterocycles. The number of thioether (sulfide) groups is 1. The van der Waals surface area contributed by atoms with Crippen molar-refractivity contribution in [1.82, 2.24) is 0 Å². The molecule has 1 rings (SSSR count). The number of carboxylic acids is 1. The molecule has 0 fully saturated rings. The van der Waals surface area contributed by atoms with E-state index in [0.29, 0.717) is 6.61 Å². The Hall–Kier alpha value is -1.49. The van der Waals surface area contributed by atoms with Gasteiger partial charge in [-0.05, 0) is 24.6 Å². The Morgan fingerprint density at radius 2 is 2.17 bits per heavy atom. The van der Waals surface area contributed by atoms with E-state index < -0.39 is 5.97 Å². The second kappa shape index (κ2) is 7.76. The van der Waals surface area contributed by atoms with Crippen LogP contribution in [0.25, 0.3) is 0 Å². The van der Waals surface area contributed by atoms with Crippen LogP contribution >= 0.6 is 11.8 Å². The summed E-state index contributed by atoms with van der Waals surface area (Å²) in [6.07, 6.45) is 1.85. The van der Waals surface area contributed by atoms with Crippen molar-refractivity contribution in [1.29, 1.82) is 0 Å². The topological polar surface area (TPSA) is 63.6 Å². The van der Waals surface area contributed by atoms with Crippen LogP contribution in [0, 0.1) is 0 Å². The normalized spacial score (nSPS) is 10.1. The van der Waals surface area contributed by atoms with Gasteiger partial charge in [0.1, 0.15) is 0 Å². The average Bonchev–Trinajstić information content (AvgIpc) is 2.37. The van der Waals surface area contributed by atoms with E-state index in [1.165, 1.54) is 17.8 Å². The molecule has 4 nitrogen and oxygen atoms in total. The molecule has 0 spiro atoms. The van der Waals surface area contributed by atoms with Crippen molar-refractivity contribution in [2.45, 2.75) is 24.7 Å². The lowest BCUT2D eigenvalue weighted by Gasteiger charge is -2.04. The first kappa shape index (κ1) is 14.6. The van der Waals surface area contributed by atoms with Crippen molar-refractivity contribution in [2.24, 2.45) is 0 Å². The smallest absolute Gasteiger partial charge is 0.335 e.